The van der Waals surface area contributed by atoms with Crippen LogP contribution in [-0.4, -0.2) is 13.1 Å². The van der Waals surface area contributed by atoms with Crippen molar-refractivity contribution in [2.24, 2.45) is 5.92 Å². The first kappa shape index (κ1) is 11.2. The van der Waals surface area contributed by atoms with Crippen LogP contribution in [-0.2, 0) is 9.53 Å². The Hall–Kier alpha value is -1.31. The zero-order valence-corrected chi connectivity index (χ0v) is 9.69. The van der Waals surface area contributed by atoms with Gasteiger partial charge >= 0.3 is 5.97 Å². The summed E-state index contributed by atoms with van der Waals surface area (Å²) in [5, 5.41) is 0. The van der Waals surface area contributed by atoms with Crippen molar-refractivity contribution in [2.75, 3.05) is 7.11 Å². The number of ether oxygens (including phenoxy) is 1. The largest absolute Gasteiger partial charge is 0.469 e. The monoisotopic (exact) mass is 218 g/mol. The minimum absolute atomic E-state index is 0.0614. The summed E-state index contributed by atoms with van der Waals surface area (Å²) >= 11 is 0. The van der Waals surface area contributed by atoms with Gasteiger partial charge in [0.25, 0.3) is 0 Å². The highest BCUT2D eigenvalue weighted by molar-refractivity contribution is 5.78. The second-order valence-electron chi connectivity index (χ2n) is 4.46. The lowest BCUT2D eigenvalue weighted by molar-refractivity contribution is -0.143. The summed E-state index contributed by atoms with van der Waals surface area (Å²) in [6.07, 6.45) is 4.78. The number of hydrogen-bond donors (Lipinski definition) is 0. The van der Waals surface area contributed by atoms with Crippen LogP contribution in [0.25, 0.3) is 0 Å². The van der Waals surface area contributed by atoms with Crippen LogP contribution in [0.5, 0.6) is 0 Å². The van der Waals surface area contributed by atoms with E-state index in [4.69, 9.17) is 4.74 Å². The molecule has 0 spiro atoms. The Morgan fingerprint density at radius 3 is 2.44 bits per heavy atom. The molecule has 1 atom stereocenters. The molecule has 1 fully saturated rings. The van der Waals surface area contributed by atoms with Crippen LogP contribution in [0.3, 0.4) is 0 Å². The normalized spacial score (nSPS) is 18.3. The Morgan fingerprint density at radius 1 is 1.25 bits per heavy atom. The first-order valence-electron chi connectivity index (χ1n) is 5.95. The van der Waals surface area contributed by atoms with E-state index in [0.717, 1.165) is 18.4 Å². The first-order valence-corrected chi connectivity index (χ1v) is 5.95. The second-order valence-corrected chi connectivity index (χ2v) is 4.46. The Bertz CT molecular complexity index is 339. The number of rotatable bonds is 3. The van der Waals surface area contributed by atoms with E-state index in [0.29, 0.717) is 5.92 Å². The first-order chi connectivity index (χ1) is 7.83. The third-order valence-electron chi connectivity index (χ3n) is 3.49. The summed E-state index contributed by atoms with van der Waals surface area (Å²) in [6.45, 7) is 0. The highest BCUT2D eigenvalue weighted by Gasteiger charge is 2.32. The fraction of sp³-hybridized carbons (Fsp3) is 0.500. The maximum atomic E-state index is 11.9. The molecule has 1 aromatic rings. The average Bonchev–Trinajstić information content (AvgIpc) is 2.84. The molecule has 0 N–H and O–H groups in total. The lowest BCUT2D eigenvalue weighted by atomic mass is 9.85. The number of hydrogen-bond acceptors (Lipinski definition) is 2. The maximum absolute atomic E-state index is 11.9. The van der Waals surface area contributed by atoms with E-state index in [-0.39, 0.29) is 11.9 Å². The van der Waals surface area contributed by atoms with Gasteiger partial charge in [0.15, 0.2) is 0 Å². The van der Waals surface area contributed by atoms with Crippen molar-refractivity contribution in [3.63, 3.8) is 0 Å². The van der Waals surface area contributed by atoms with Crippen molar-refractivity contribution in [1.29, 1.82) is 0 Å². The Balaban J connectivity index is 2.24. The lowest BCUT2D eigenvalue weighted by Crippen LogP contribution is -2.21. The molecule has 1 aliphatic carbocycles. The molecule has 2 heteroatoms. The van der Waals surface area contributed by atoms with Crippen LogP contribution in [0, 0.1) is 5.92 Å². The minimum Gasteiger partial charge on any atom is -0.469 e. The lowest BCUT2D eigenvalue weighted by Gasteiger charge is -2.21. The minimum atomic E-state index is -0.0851. The molecule has 16 heavy (non-hydrogen) atoms. The van der Waals surface area contributed by atoms with Crippen molar-refractivity contribution in [3.05, 3.63) is 35.9 Å². The van der Waals surface area contributed by atoms with Gasteiger partial charge in [-0.15, -0.1) is 0 Å². The smallest absolute Gasteiger partial charge is 0.313 e. The topological polar surface area (TPSA) is 26.3 Å². The van der Waals surface area contributed by atoms with Gasteiger partial charge in [0.2, 0.25) is 0 Å². The SMILES string of the molecule is COC(=O)[C@H](c1ccccc1)C1CCCC1. The highest BCUT2D eigenvalue weighted by atomic mass is 16.5. The Morgan fingerprint density at radius 2 is 1.88 bits per heavy atom. The molecule has 0 bridgehead atoms. The molecule has 0 unspecified atom stereocenters. The molecule has 2 nitrogen and oxygen atoms in total. The third kappa shape index (κ3) is 2.26. The van der Waals surface area contributed by atoms with Crippen molar-refractivity contribution < 1.29 is 9.53 Å². The standard InChI is InChI=1S/C14H18O2/c1-16-14(15)13(12-9-5-6-10-12)11-7-3-2-4-8-11/h2-4,7-8,12-13H,5-6,9-10H2,1H3/t13-/m1/s1. The second kappa shape index (κ2) is 5.15. The summed E-state index contributed by atoms with van der Waals surface area (Å²) in [4.78, 5) is 11.9. The van der Waals surface area contributed by atoms with Gasteiger partial charge in [-0.1, -0.05) is 43.2 Å². The van der Waals surface area contributed by atoms with Gasteiger partial charge in [-0.2, -0.15) is 0 Å². The van der Waals surface area contributed by atoms with E-state index >= 15 is 0 Å². The molecular formula is C14H18O2. The summed E-state index contributed by atoms with van der Waals surface area (Å²) < 4.78 is 4.94. The van der Waals surface area contributed by atoms with E-state index in [1.165, 1.54) is 20.0 Å². The number of benzene rings is 1. The summed E-state index contributed by atoms with van der Waals surface area (Å²) in [5.41, 5.74) is 1.10. The molecule has 0 amide bonds. The Kier molecular flexibility index (Phi) is 3.60. The summed E-state index contributed by atoms with van der Waals surface area (Å²) in [7, 11) is 1.48. The van der Waals surface area contributed by atoms with Crippen LogP contribution < -0.4 is 0 Å². The predicted octanol–water partition coefficient (Wildman–Crippen LogP) is 3.13. The molecule has 0 heterocycles. The van der Waals surface area contributed by atoms with Crippen LogP contribution >= 0.6 is 0 Å². The fourth-order valence-electron chi connectivity index (χ4n) is 2.68. The number of esters is 1. The average molecular weight is 218 g/mol. The van der Waals surface area contributed by atoms with Gasteiger partial charge in [-0.3, -0.25) is 4.79 Å². The maximum Gasteiger partial charge on any atom is 0.313 e. The van der Waals surface area contributed by atoms with E-state index < -0.39 is 0 Å². The molecule has 1 aliphatic rings. The summed E-state index contributed by atoms with van der Waals surface area (Å²) in [5.74, 6) is 0.321. The van der Waals surface area contributed by atoms with Gasteiger partial charge in [-0.25, -0.2) is 0 Å². The van der Waals surface area contributed by atoms with Crippen LogP contribution in [0.4, 0.5) is 0 Å². The van der Waals surface area contributed by atoms with Crippen molar-refractivity contribution in [2.45, 2.75) is 31.6 Å². The van der Waals surface area contributed by atoms with Crippen LogP contribution in [0.15, 0.2) is 30.3 Å². The van der Waals surface area contributed by atoms with Crippen molar-refractivity contribution in [3.8, 4) is 0 Å². The number of carbonyl (C=O) groups is 1. The van der Waals surface area contributed by atoms with Crippen molar-refractivity contribution >= 4 is 5.97 Å². The molecule has 0 aromatic heterocycles. The van der Waals surface area contributed by atoms with Gasteiger partial charge in [0.1, 0.15) is 0 Å². The van der Waals surface area contributed by atoms with Gasteiger partial charge in [-0.05, 0) is 24.3 Å². The molecule has 1 aromatic carbocycles. The highest BCUT2D eigenvalue weighted by Crippen LogP contribution is 2.37. The van der Waals surface area contributed by atoms with Crippen molar-refractivity contribution in [1.82, 2.24) is 0 Å². The fourth-order valence-corrected chi connectivity index (χ4v) is 2.68. The van der Waals surface area contributed by atoms with E-state index in [1.807, 2.05) is 30.3 Å². The third-order valence-corrected chi connectivity index (χ3v) is 3.49. The van der Waals surface area contributed by atoms with E-state index in [1.54, 1.807) is 0 Å². The zero-order valence-electron chi connectivity index (χ0n) is 9.69. The molecule has 1 saturated carbocycles. The quantitative estimate of drug-likeness (QED) is 0.728. The molecule has 0 saturated heterocycles. The van der Waals surface area contributed by atoms with Gasteiger partial charge < -0.3 is 4.74 Å². The molecular weight excluding hydrogens is 200 g/mol. The van der Waals surface area contributed by atoms with E-state index in [9.17, 15) is 4.79 Å². The number of carbonyl (C=O) groups excluding carboxylic acids is 1. The molecule has 0 radical (unpaired) electrons. The predicted molar refractivity (Wildman–Crippen MR) is 63.2 cm³/mol. The molecule has 0 aliphatic heterocycles. The van der Waals surface area contributed by atoms with Crippen LogP contribution in [0.2, 0.25) is 0 Å². The van der Waals surface area contributed by atoms with Crippen LogP contribution in [0.1, 0.15) is 37.2 Å². The molecule has 2 rings (SSSR count). The zero-order chi connectivity index (χ0) is 11.4. The molecule has 86 valence electrons. The van der Waals surface area contributed by atoms with Gasteiger partial charge in [0, 0.05) is 0 Å². The van der Waals surface area contributed by atoms with E-state index in [2.05, 4.69) is 0 Å². The van der Waals surface area contributed by atoms with Gasteiger partial charge in [0.05, 0.1) is 13.0 Å². The Labute approximate surface area is 96.6 Å². The number of methoxy groups -OCH3 is 1. The summed E-state index contributed by atoms with van der Waals surface area (Å²) in [6, 6.07) is 10.0.